The van der Waals surface area contributed by atoms with E-state index in [1.807, 2.05) is 0 Å². The van der Waals surface area contributed by atoms with E-state index < -0.39 is 0 Å². The van der Waals surface area contributed by atoms with E-state index in [0.717, 1.165) is 17.4 Å². The van der Waals surface area contributed by atoms with Crippen molar-refractivity contribution in [1.82, 2.24) is 4.98 Å². The van der Waals surface area contributed by atoms with Crippen LogP contribution < -0.4 is 0 Å². The van der Waals surface area contributed by atoms with Crippen LogP contribution in [0.15, 0.2) is 54.7 Å². The lowest BCUT2D eigenvalue weighted by atomic mass is 10.0. The quantitative estimate of drug-likeness (QED) is 0.580. The molecule has 0 aliphatic carbocycles. The molecule has 0 aliphatic rings. The van der Waals surface area contributed by atoms with Crippen molar-refractivity contribution in [2.75, 3.05) is 0 Å². The van der Waals surface area contributed by atoms with Crippen LogP contribution in [0.5, 0.6) is 0 Å². The normalized spacial score (nSPS) is 11.7. The fourth-order valence-electron chi connectivity index (χ4n) is 1.47. The maximum atomic E-state index is 12.8. The number of hydrogen-bond acceptors (Lipinski definition) is 2. The fourth-order valence-corrected chi connectivity index (χ4v) is 1.47. The van der Waals surface area contributed by atoms with E-state index in [1.165, 1.54) is 19.2 Å². The van der Waals surface area contributed by atoms with Gasteiger partial charge in [-0.25, -0.2) is 4.39 Å². The minimum atomic E-state index is -0.266. The third kappa shape index (κ3) is 5.34. The molecule has 18 heavy (non-hydrogen) atoms. The summed E-state index contributed by atoms with van der Waals surface area (Å²) in [6.45, 7) is 4.97. The zero-order valence-corrected chi connectivity index (χ0v) is 9.69. The van der Waals surface area contributed by atoms with Gasteiger partial charge in [0.15, 0.2) is 6.29 Å². The summed E-state index contributed by atoms with van der Waals surface area (Å²) in [5.74, 6) is -0.266. The fraction of sp³-hybridized carbons (Fsp3) is 0.200. The van der Waals surface area contributed by atoms with Gasteiger partial charge in [0.25, 0.3) is 0 Å². The van der Waals surface area contributed by atoms with Crippen LogP contribution in [0, 0.1) is 0 Å². The van der Waals surface area contributed by atoms with Gasteiger partial charge in [-0.15, -0.1) is 0 Å². The predicted molar refractivity (Wildman–Crippen MR) is 73.2 cm³/mol. The molecule has 0 spiro atoms. The van der Waals surface area contributed by atoms with E-state index in [-0.39, 0.29) is 13.3 Å². The Bertz CT molecular complexity index is 471. The Morgan fingerprint density at radius 2 is 2.22 bits per heavy atom. The van der Waals surface area contributed by atoms with Crippen molar-refractivity contribution in [3.63, 3.8) is 0 Å². The van der Waals surface area contributed by atoms with Crippen molar-refractivity contribution in [2.24, 2.45) is 0 Å². The highest BCUT2D eigenvalue weighted by molar-refractivity contribution is 5.74. The summed E-state index contributed by atoms with van der Waals surface area (Å²) in [7, 11) is 0. The Kier molecular flexibility index (Phi) is 7.20. The average Bonchev–Trinajstić information content (AvgIpc) is 2.29. The predicted octanol–water partition coefficient (Wildman–Crippen LogP) is 4.06. The Balaban J connectivity index is 0.00000289. The molecule has 1 heterocycles. The first-order chi connectivity index (χ1) is 8.15. The molecule has 1 rings (SSSR count). The highest BCUT2D eigenvalue weighted by Gasteiger charge is 2.00. The standard InChI is InChI=1S/C14H14FNO.CH4/c1-3-4-12(5-11(2)15)6-13-7-14(10-17)9-16-8-13;/h3-5,7-10H,1,6H2,2H3;1H4/b11-5+,12-4+;. The largest absolute Gasteiger partial charge is 0.298 e. The molecule has 0 saturated heterocycles. The molecule has 0 saturated carbocycles. The lowest BCUT2D eigenvalue weighted by molar-refractivity contribution is 0.112. The first-order valence-electron chi connectivity index (χ1n) is 5.20. The summed E-state index contributed by atoms with van der Waals surface area (Å²) >= 11 is 0. The number of allylic oxidation sites excluding steroid dienone is 5. The van der Waals surface area contributed by atoms with Gasteiger partial charge in [0.05, 0.1) is 5.83 Å². The van der Waals surface area contributed by atoms with Gasteiger partial charge in [-0.05, 0) is 36.6 Å². The molecule has 96 valence electrons. The van der Waals surface area contributed by atoms with Crippen molar-refractivity contribution in [3.05, 3.63) is 65.8 Å². The molecule has 3 heteroatoms. The number of aromatic nitrogens is 1. The van der Waals surface area contributed by atoms with Crippen LogP contribution in [0.25, 0.3) is 0 Å². The molecule has 0 unspecified atom stereocenters. The number of halogens is 1. The van der Waals surface area contributed by atoms with Crippen LogP contribution in [0.2, 0.25) is 0 Å². The number of rotatable bonds is 5. The van der Waals surface area contributed by atoms with Crippen LogP contribution in [0.3, 0.4) is 0 Å². The lowest BCUT2D eigenvalue weighted by Crippen LogP contribution is -1.92. The molecule has 0 radical (unpaired) electrons. The zero-order valence-electron chi connectivity index (χ0n) is 9.69. The van der Waals surface area contributed by atoms with E-state index in [4.69, 9.17) is 0 Å². The second kappa shape index (κ2) is 8.12. The number of carbonyl (C=O) groups is 1. The first kappa shape index (κ1) is 16.0. The molecule has 2 nitrogen and oxygen atoms in total. The van der Waals surface area contributed by atoms with E-state index in [0.29, 0.717) is 12.0 Å². The van der Waals surface area contributed by atoms with E-state index >= 15 is 0 Å². The molecule has 1 aromatic rings. The van der Waals surface area contributed by atoms with Crippen LogP contribution in [0.1, 0.15) is 30.3 Å². The number of nitrogens with zero attached hydrogens (tertiary/aromatic N) is 1. The summed E-state index contributed by atoms with van der Waals surface area (Å²) in [5, 5.41) is 0. The van der Waals surface area contributed by atoms with Crippen molar-refractivity contribution < 1.29 is 9.18 Å². The minimum Gasteiger partial charge on any atom is -0.298 e. The highest BCUT2D eigenvalue weighted by atomic mass is 19.1. The van der Waals surface area contributed by atoms with Crippen molar-refractivity contribution in [1.29, 1.82) is 0 Å². The van der Waals surface area contributed by atoms with Gasteiger partial charge in [0.2, 0.25) is 0 Å². The Morgan fingerprint density at radius 3 is 2.78 bits per heavy atom. The smallest absolute Gasteiger partial charge is 0.151 e. The number of hydrogen-bond donors (Lipinski definition) is 0. The Morgan fingerprint density at radius 1 is 1.50 bits per heavy atom. The van der Waals surface area contributed by atoms with Crippen LogP contribution in [0.4, 0.5) is 4.39 Å². The molecule has 0 bridgehead atoms. The summed E-state index contributed by atoms with van der Waals surface area (Å²) in [6.07, 6.45) is 9.18. The molecule has 0 N–H and O–H groups in total. The molecule has 0 aromatic carbocycles. The first-order valence-corrected chi connectivity index (χ1v) is 5.20. The van der Waals surface area contributed by atoms with Gasteiger partial charge in [0.1, 0.15) is 0 Å². The number of carbonyl (C=O) groups excluding carboxylic acids is 1. The van der Waals surface area contributed by atoms with Crippen molar-refractivity contribution >= 4 is 6.29 Å². The van der Waals surface area contributed by atoms with Gasteiger partial charge >= 0.3 is 0 Å². The molecule has 0 atom stereocenters. The van der Waals surface area contributed by atoms with Crippen molar-refractivity contribution in [2.45, 2.75) is 20.8 Å². The molecule has 0 fully saturated rings. The van der Waals surface area contributed by atoms with Gasteiger partial charge < -0.3 is 0 Å². The third-order valence-electron chi connectivity index (χ3n) is 2.08. The van der Waals surface area contributed by atoms with Crippen LogP contribution >= 0.6 is 0 Å². The highest BCUT2D eigenvalue weighted by Crippen LogP contribution is 2.12. The maximum absolute atomic E-state index is 12.8. The monoisotopic (exact) mass is 247 g/mol. The molecule has 0 amide bonds. The van der Waals surface area contributed by atoms with Gasteiger partial charge in [-0.2, -0.15) is 0 Å². The Hall–Kier alpha value is -2.03. The van der Waals surface area contributed by atoms with Gasteiger partial charge in [0, 0.05) is 18.0 Å². The van der Waals surface area contributed by atoms with Crippen LogP contribution in [-0.4, -0.2) is 11.3 Å². The SMILES string of the molecule is C.C=C/C=C(\C=C(/C)F)Cc1cncc(C=O)c1. The third-order valence-corrected chi connectivity index (χ3v) is 2.08. The van der Waals surface area contributed by atoms with E-state index in [2.05, 4.69) is 11.6 Å². The topological polar surface area (TPSA) is 30.0 Å². The van der Waals surface area contributed by atoms with Crippen molar-refractivity contribution in [3.8, 4) is 0 Å². The number of pyridine rings is 1. The molecular weight excluding hydrogens is 229 g/mol. The number of aldehydes is 1. The summed E-state index contributed by atoms with van der Waals surface area (Å²) in [6, 6.07) is 1.73. The summed E-state index contributed by atoms with van der Waals surface area (Å²) in [4.78, 5) is 14.6. The molecular formula is C15H18FNO. The van der Waals surface area contributed by atoms with Gasteiger partial charge in [-0.3, -0.25) is 9.78 Å². The summed E-state index contributed by atoms with van der Waals surface area (Å²) < 4.78 is 12.8. The second-order valence-electron chi connectivity index (χ2n) is 3.63. The Labute approximate surface area is 108 Å². The lowest BCUT2D eigenvalue weighted by Gasteiger charge is -2.02. The second-order valence-corrected chi connectivity index (χ2v) is 3.63. The van der Waals surface area contributed by atoms with E-state index in [1.54, 1.807) is 24.4 Å². The zero-order chi connectivity index (χ0) is 12.7. The maximum Gasteiger partial charge on any atom is 0.151 e. The average molecular weight is 247 g/mol. The molecule has 1 aromatic heterocycles. The van der Waals surface area contributed by atoms with Crippen LogP contribution in [-0.2, 0) is 6.42 Å². The van der Waals surface area contributed by atoms with Gasteiger partial charge in [-0.1, -0.05) is 26.2 Å². The van der Waals surface area contributed by atoms with E-state index in [9.17, 15) is 9.18 Å². The summed E-state index contributed by atoms with van der Waals surface area (Å²) in [5.41, 5.74) is 2.16. The molecule has 0 aliphatic heterocycles. The minimum absolute atomic E-state index is 0.